The molecule has 0 aromatic heterocycles. The molecular weight excluding hydrogens is 431 g/mol. The van der Waals surface area contributed by atoms with E-state index >= 15 is 0 Å². The van der Waals surface area contributed by atoms with Crippen LogP contribution in [0.15, 0.2) is 47.6 Å². The number of ether oxygens (including phenoxy) is 1. The van der Waals surface area contributed by atoms with Crippen molar-refractivity contribution >= 4 is 52.8 Å². The van der Waals surface area contributed by atoms with Crippen molar-refractivity contribution in [2.75, 3.05) is 11.9 Å². The van der Waals surface area contributed by atoms with Gasteiger partial charge in [0.2, 0.25) is 0 Å². The average Bonchev–Trinajstić information content (AvgIpc) is 3.53. The predicted octanol–water partition coefficient (Wildman–Crippen LogP) is 2.74. The molecule has 156 valence electrons. The van der Waals surface area contributed by atoms with Crippen LogP contribution >= 0.6 is 23.2 Å². The van der Waals surface area contributed by atoms with Gasteiger partial charge in [0, 0.05) is 11.1 Å². The number of anilines is 1. The van der Waals surface area contributed by atoms with Gasteiger partial charge < -0.3 is 15.4 Å². The molecule has 10 heteroatoms. The lowest BCUT2D eigenvalue weighted by Crippen LogP contribution is -2.38. The number of hydrogen-bond donors (Lipinski definition) is 3. The third-order valence-corrected chi connectivity index (χ3v) is 4.48. The lowest BCUT2D eigenvalue weighted by atomic mass is 10.2. The van der Waals surface area contributed by atoms with Gasteiger partial charge in [-0.1, -0.05) is 35.3 Å². The van der Waals surface area contributed by atoms with Crippen molar-refractivity contribution in [2.24, 2.45) is 5.10 Å². The van der Waals surface area contributed by atoms with Crippen LogP contribution in [0.3, 0.4) is 0 Å². The maximum atomic E-state index is 12.1. The summed E-state index contributed by atoms with van der Waals surface area (Å²) in [6.45, 7) is -0.238. The fraction of sp³-hybridized carbons (Fsp3) is 0.200. The molecule has 30 heavy (non-hydrogen) atoms. The summed E-state index contributed by atoms with van der Waals surface area (Å²) in [5, 5.41) is 9.74. The van der Waals surface area contributed by atoms with E-state index in [0.29, 0.717) is 27.0 Å². The molecule has 0 unspecified atom stereocenters. The molecule has 2 aromatic carbocycles. The third-order valence-electron chi connectivity index (χ3n) is 3.93. The monoisotopic (exact) mass is 448 g/mol. The Labute approximate surface area is 182 Å². The van der Waals surface area contributed by atoms with Gasteiger partial charge in [0.25, 0.3) is 5.91 Å². The Hall–Kier alpha value is -3.10. The first kappa shape index (κ1) is 21.6. The van der Waals surface area contributed by atoms with E-state index in [1.165, 1.54) is 12.3 Å². The number of nitrogens with one attached hydrogen (secondary N) is 3. The van der Waals surface area contributed by atoms with E-state index in [4.69, 9.17) is 27.9 Å². The lowest BCUT2D eigenvalue weighted by molar-refractivity contribution is -0.139. The van der Waals surface area contributed by atoms with Gasteiger partial charge in [-0.05, 0) is 48.7 Å². The number of carbonyl (C=O) groups excluding carboxylic acids is 3. The normalized spacial score (nSPS) is 13.0. The zero-order valence-electron chi connectivity index (χ0n) is 15.7. The van der Waals surface area contributed by atoms with Crippen LogP contribution < -0.4 is 20.8 Å². The third kappa shape index (κ3) is 6.75. The summed E-state index contributed by atoms with van der Waals surface area (Å²) >= 11 is 11.8. The summed E-state index contributed by atoms with van der Waals surface area (Å²) in [6.07, 6.45) is 3.14. The van der Waals surface area contributed by atoms with Crippen molar-refractivity contribution in [1.29, 1.82) is 0 Å². The quantitative estimate of drug-likeness (QED) is 0.343. The molecule has 1 aliphatic rings. The Kier molecular flexibility index (Phi) is 7.26. The highest BCUT2D eigenvalue weighted by atomic mass is 35.5. The van der Waals surface area contributed by atoms with E-state index in [1.54, 1.807) is 36.4 Å². The summed E-state index contributed by atoms with van der Waals surface area (Å²) < 4.78 is 5.47. The van der Waals surface area contributed by atoms with E-state index in [2.05, 4.69) is 21.2 Å². The smallest absolute Gasteiger partial charge is 0.329 e. The highest BCUT2D eigenvalue weighted by molar-refractivity contribution is 6.36. The van der Waals surface area contributed by atoms with Crippen LogP contribution in [-0.4, -0.2) is 36.6 Å². The zero-order valence-corrected chi connectivity index (χ0v) is 17.2. The van der Waals surface area contributed by atoms with Crippen molar-refractivity contribution < 1.29 is 19.1 Å². The number of hydrazone groups is 1. The van der Waals surface area contributed by atoms with Gasteiger partial charge in [-0.2, -0.15) is 5.10 Å². The van der Waals surface area contributed by atoms with Crippen molar-refractivity contribution in [3.05, 3.63) is 58.1 Å². The molecule has 8 nitrogen and oxygen atoms in total. The molecule has 0 atom stereocenters. The molecule has 1 fully saturated rings. The fourth-order valence-electron chi connectivity index (χ4n) is 2.31. The average molecular weight is 449 g/mol. The first-order valence-electron chi connectivity index (χ1n) is 9.02. The zero-order chi connectivity index (χ0) is 21.5. The molecule has 1 saturated carbocycles. The van der Waals surface area contributed by atoms with Gasteiger partial charge in [-0.15, -0.1) is 0 Å². The Balaban J connectivity index is 1.47. The van der Waals surface area contributed by atoms with Gasteiger partial charge in [-0.25, -0.2) is 5.43 Å². The molecule has 0 aliphatic heterocycles. The molecule has 1 aliphatic carbocycles. The maximum absolute atomic E-state index is 12.1. The molecule has 0 spiro atoms. The summed E-state index contributed by atoms with van der Waals surface area (Å²) in [5.74, 6) is -1.51. The minimum absolute atomic E-state index is 0.0916. The van der Waals surface area contributed by atoms with Crippen LogP contribution in [0.2, 0.25) is 10.0 Å². The second kappa shape index (κ2) is 10.1. The van der Waals surface area contributed by atoms with E-state index in [-0.39, 0.29) is 12.6 Å². The fourth-order valence-corrected chi connectivity index (χ4v) is 2.76. The molecule has 2 aromatic rings. The Bertz CT molecular complexity index is 993. The maximum Gasteiger partial charge on any atom is 0.329 e. The number of nitrogens with zero attached hydrogens (tertiary/aromatic N) is 1. The Morgan fingerprint density at radius 1 is 1.10 bits per heavy atom. The van der Waals surface area contributed by atoms with E-state index in [1.807, 2.05) is 0 Å². The molecule has 3 rings (SSSR count). The minimum atomic E-state index is -0.830. The standard InChI is InChI=1S/C20H18Cl2N4O4/c21-13-4-7-17(16(22)9-13)25-18(27)11-30-15-3-1-2-12(8-15)10-23-26-20(29)19(28)24-14-5-6-14/h1-4,7-10,14H,5-6,11H2,(H,24,28)(H,25,27)(H,26,29)/b23-10-. The first-order chi connectivity index (χ1) is 14.4. The number of hydrogen-bond acceptors (Lipinski definition) is 5. The molecule has 3 N–H and O–H groups in total. The van der Waals surface area contributed by atoms with Gasteiger partial charge in [0.1, 0.15) is 5.75 Å². The highest BCUT2D eigenvalue weighted by Gasteiger charge is 2.26. The van der Waals surface area contributed by atoms with E-state index in [0.717, 1.165) is 12.8 Å². The number of halogens is 2. The van der Waals surface area contributed by atoms with Crippen LogP contribution in [0.5, 0.6) is 5.75 Å². The summed E-state index contributed by atoms with van der Waals surface area (Å²) in [5.41, 5.74) is 3.20. The highest BCUT2D eigenvalue weighted by Crippen LogP contribution is 2.25. The Morgan fingerprint density at radius 2 is 1.90 bits per heavy atom. The number of carbonyl (C=O) groups is 3. The van der Waals surface area contributed by atoms with Crippen molar-refractivity contribution in [3.63, 3.8) is 0 Å². The largest absolute Gasteiger partial charge is 0.484 e. The van der Waals surface area contributed by atoms with Crippen LogP contribution in [0, 0.1) is 0 Å². The predicted molar refractivity (Wildman–Crippen MR) is 114 cm³/mol. The van der Waals surface area contributed by atoms with Crippen LogP contribution in [0.25, 0.3) is 0 Å². The second-order valence-corrected chi connectivity index (χ2v) is 7.32. The van der Waals surface area contributed by atoms with E-state index in [9.17, 15) is 14.4 Å². The molecule has 0 radical (unpaired) electrons. The lowest BCUT2D eigenvalue weighted by Gasteiger charge is -2.09. The van der Waals surface area contributed by atoms with Crippen molar-refractivity contribution in [1.82, 2.24) is 10.7 Å². The number of amides is 3. The molecular formula is C20H18Cl2N4O4. The number of rotatable bonds is 7. The van der Waals surface area contributed by atoms with E-state index < -0.39 is 17.7 Å². The second-order valence-electron chi connectivity index (χ2n) is 6.48. The topological polar surface area (TPSA) is 109 Å². The van der Waals surface area contributed by atoms with Crippen LogP contribution in [0.4, 0.5) is 5.69 Å². The Morgan fingerprint density at radius 3 is 2.63 bits per heavy atom. The van der Waals surface area contributed by atoms with Gasteiger partial charge >= 0.3 is 11.8 Å². The van der Waals surface area contributed by atoms with Crippen LogP contribution in [-0.2, 0) is 14.4 Å². The molecule has 0 bridgehead atoms. The SMILES string of the molecule is O=C(COc1cccc(/C=N\NC(=O)C(=O)NC2CC2)c1)Nc1ccc(Cl)cc1Cl. The summed E-state index contributed by atoms with van der Waals surface area (Å²) in [7, 11) is 0. The van der Waals surface area contributed by atoms with Gasteiger partial charge in [0.15, 0.2) is 6.61 Å². The van der Waals surface area contributed by atoms with Crippen molar-refractivity contribution in [2.45, 2.75) is 18.9 Å². The number of benzene rings is 2. The van der Waals surface area contributed by atoms with Gasteiger partial charge in [-0.3, -0.25) is 14.4 Å². The molecule has 0 heterocycles. The molecule has 0 saturated heterocycles. The van der Waals surface area contributed by atoms with Gasteiger partial charge in [0.05, 0.1) is 16.9 Å². The first-order valence-corrected chi connectivity index (χ1v) is 9.78. The minimum Gasteiger partial charge on any atom is -0.484 e. The van der Waals surface area contributed by atoms with Crippen molar-refractivity contribution in [3.8, 4) is 5.75 Å². The summed E-state index contributed by atoms with van der Waals surface area (Å²) in [4.78, 5) is 35.2. The van der Waals surface area contributed by atoms with Crippen LogP contribution in [0.1, 0.15) is 18.4 Å². The molecule has 3 amide bonds. The summed E-state index contributed by atoms with van der Waals surface area (Å²) in [6, 6.07) is 11.5.